The van der Waals surface area contributed by atoms with Crippen molar-refractivity contribution >= 4 is 5.69 Å². The second-order valence-corrected chi connectivity index (χ2v) is 7.59. The summed E-state index contributed by atoms with van der Waals surface area (Å²) in [7, 11) is 6.64. The molecule has 32 heavy (non-hydrogen) atoms. The molecule has 1 atom stereocenters. The molecule has 174 valence electrons. The first kappa shape index (κ1) is 23.8. The Morgan fingerprint density at radius 2 is 1.72 bits per heavy atom. The molecule has 8 heteroatoms. The van der Waals surface area contributed by atoms with Gasteiger partial charge in [-0.3, -0.25) is 4.79 Å². The molecule has 0 bridgehead atoms. The van der Waals surface area contributed by atoms with E-state index in [0.717, 1.165) is 35.1 Å². The Morgan fingerprint density at radius 3 is 2.28 bits per heavy atom. The van der Waals surface area contributed by atoms with Gasteiger partial charge in [-0.1, -0.05) is 6.07 Å². The van der Waals surface area contributed by atoms with Crippen LogP contribution in [0.4, 0.5) is 5.69 Å². The van der Waals surface area contributed by atoms with E-state index in [0.29, 0.717) is 22.9 Å². The smallest absolute Gasteiger partial charge is 0.203 e. The number of benzene rings is 1. The van der Waals surface area contributed by atoms with E-state index in [1.807, 2.05) is 19.2 Å². The fraction of sp³-hybridized carbons (Fsp3) is 0.458. The normalized spacial score (nSPS) is 14.8. The summed E-state index contributed by atoms with van der Waals surface area (Å²) in [5.74, 6) is 1.65. The highest BCUT2D eigenvalue weighted by molar-refractivity contribution is 5.83. The van der Waals surface area contributed by atoms with E-state index in [1.54, 1.807) is 38.4 Å². The summed E-state index contributed by atoms with van der Waals surface area (Å²) in [6.07, 6.45) is 1.54. The van der Waals surface area contributed by atoms with Gasteiger partial charge in [-0.25, -0.2) is 0 Å². The maximum atomic E-state index is 13.2. The van der Waals surface area contributed by atoms with E-state index in [1.165, 1.54) is 0 Å². The van der Waals surface area contributed by atoms with Gasteiger partial charge in [-0.2, -0.15) is 0 Å². The third kappa shape index (κ3) is 4.39. The molecule has 3 rings (SSSR count). The van der Waals surface area contributed by atoms with Crippen molar-refractivity contribution < 1.29 is 24.4 Å². The SMILES string of the molecule is CN[C@@H]1CCc2cc(OC)c(OC)c(OC)c2-c2ccc(N(CCO)CCO)c(=O)cc21. The Morgan fingerprint density at radius 1 is 1.03 bits per heavy atom. The van der Waals surface area contributed by atoms with Gasteiger partial charge in [0.25, 0.3) is 0 Å². The van der Waals surface area contributed by atoms with Crippen LogP contribution in [-0.4, -0.2) is 64.9 Å². The van der Waals surface area contributed by atoms with Crippen molar-refractivity contribution in [3.63, 3.8) is 0 Å². The first-order chi connectivity index (χ1) is 15.5. The second kappa shape index (κ2) is 10.7. The van der Waals surface area contributed by atoms with Gasteiger partial charge >= 0.3 is 0 Å². The van der Waals surface area contributed by atoms with Gasteiger partial charge in [0.2, 0.25) is 11.2 Å². The number of methoxy groups -OCH3 is 3. The fourth-order valence-corrected chi connectivity index (χ4v) is 4.46. The van der Waals surface area contributed by atoms with E-state index in [2.05, 4.69) is 5.32 Å². The third-order valence-electron chi connectivity index (χ3n) is 5.95. The minimum Gasteiger partial charge on any atom is -0.493 e. The number of rotatable bonds is 9. The van der Waals surface area contributed by atoms with Crippen LogP contribution in [0.5, 0.6) is 17.2 Å². The molecular formula is C24H32N2O6. The van der Waals surface area contributed by atoms with E-state index >= 15 is 0 Å². The van der Waals surface area contributed by atoms with Crippen LogP contribution >= 0.6 is 0 Å². The summed E-state index contributed by atoms with van der Waals surface area (Å²) in [4.78, 5) is 14.9. The third-order valence-corrected chi connectivity index (χ3v) is 5.95. The maximum absolute atomic E-state index is 13.2. The van der Waals surface area contributed by atoms with Gasteiger partial charge in [0.05, 0.1) is 40.2 Å². The predicted molar refractivity (Wildman–Crippen MR) is 124 cm³/mol. The molecule has 0 aromatic heterocycles. The van der Waals surface area contributed by atoms with Crippen LogP contribution < -0.4 is 29.9 Å². The van der Waals surface area contributed by atoms with E-state index in [9.17, 15) is 15.0 Å². The number of aryl methyl sites for hydroxylation is 1. The summed E-state index contributed by atoms with van der Waals surface area (Å²) in [5, 5.41) is 22.2. The van der Waals surface area contributed by atoms with E-state index in [4.69, 9.17) is 14.2 Å². The largest absolute Gasteiger partial charge is 0.493 e. The Balaban J connectivity index is 2.35. The van der Waals surface area contributed by atoms with Gasteiger partial charge in [-0.15, -0.1) is 0 Å². The zero-order valence-corrected chi connectivity index (χ0v) is 19.1. The van der Waals surface area contributed by atoms with Crippen molar-refractivity contribution in [3.05, 3.63) is 45.6 Å². The molecule has 1 aliphatic carbocycles. The first-order valence-electron chi connectivity index (χ1n) is 10.7. The highest BCUT2D eigenvalue weighted by atomic mass is 16.5. The molecule has 0 saturated carbocycles. The number of aliphatic hydroxyl groups excluding tert-OH is 2. The predicted octanol–water partition coefficient (Wildman–Crippen LogP) is 1.74. The van der Waals surface area contributed by atoms with Gasteiger partial charge < -0.3 is 34.6 Å². The van der Waals surface area contributed by atoms with Crippen molar-refractivity contribution in [1.29, 1.82) is 0 Å². The van der Waals surface area contributed by atoms with Crippen molar-refractivity contribution in [2.45, 2.75) is 18.9 Å². The van der Waals surface area contributed by atoms with Crippen LogP contribution in [0.25, 0.3) is 11.1 Å². The summed E-state index contributed by atoms with van der Waals surface area (Å²) in [6.45, 7) is 0.269. The molecule has 2 aromatic rings. The number of hydrogen-bond acceptors (Lipinski definition) is 8. The average molecular weight is 445 g/mol. The molecule has 3 N–H and O–H groups in total. The maximum Gasteiger partial charge on any atom is 0.203 e. The molecule has 0 saturated heterocycles. The topological polar surface area (TPSA) is 100 Å². The number of nitrogens with zero attached hydrogens (tertiary/aromatic N) is 1. The van der Waals surface area contributed by atoms with Crippen LogP contribution in [-0.2, 0) is 6.42 Å². The van der Waals surface area contributed by atoms with Crippen molar-refractivity contribution in [2.24, 2.45) is 0 Å². The summed E-state index contributed by atoms with van der Waals surface area (Å²) in [6, 6.07) is 7.24. The first-order valence-corrected chi connectivity index (χ1v) is 10.7. The van der Waals surface area contributed by atoms with Gasteiger partial charge in [-0.05, 0) is 54.8 Å². The van der Waals surface area contributed by atoms with Crippen LogP contribution in [0, 0.1) is 0 Å². The van der Waals surface area contributed by atoms with Gasteiger partial charge in [0, 0.05) is 24.7 Å². The number of hydrogen-bond donors (Lipinski definition) is 3. The van der Waals surface area contributed by atoms with Crippen molar-refractivity contribution in [3.8, 4) is 28.4 Å². The van der Waals surface area contributed by atoms with Crippen LogP contribution in [0.3, 0.4) is 0 Å². The molecule has 0 aliphatic heterocycles. The lowest BCUT2D eigenvalue weighted by atomic mass is 9.95. The molecule has 0 fully saturated rings. The molecule has 2 aromatic carbocycles. The minimum atomic E-state index is -0.170. The highest BCUT2D eigenvalue weighted by Crippen LogP contribution is 2.50. The monoisotopic (exact) mass is 444 g/mol. The van der Waals surface area contributed by atoms with Crippen molar-refractivity contribution in [2.75, 3.05) is 59.6 Å². The molecule has 0 amide bonds. The quantitative estimate of drug-likeness (QED) is 0.538. The number of ether oxygens (including phenoxy) is 3. The standard InChI is InChI=1S/C24H32N2O6/c1-25-18-7-5-15-13-21(30-2)23(31-3)24(32-4)22(15)16-6-8-19(20(29)14-17(16)18)26(9-11-27)10-12-28/h6,8,13-14,18,25,27-28H,5,7,9-12H2,1-4H3/t18-/m1/s1. The van der Waals surface area contributed by atoms with Crippen LogP contribution in [0.15, 0.2) is 29.1 Å². The molecule has 1 aliphatic rings. The number of anilines is 1. The number of nitrogens with one attached hydrogen (secondary N) is 1. The molecule has 0 unspecified atom stereocenters. The lowest BCUT2D eigenvalue weighted by Gasteiger charge is -2.21. The number of aliphatic hydroxyl groups is 2. The minimum absolute atomic E-state index is 0.0452. The summed E-state index contributed by atoms with van der Waals surface area (Å²) in [5.41, 5.74) is 3.90. The van der Waals surface area contributed by atoms with E-state index < -0.39 is 0 Å². The fourth-order valence-electron chi connectivity index (χ4n) is 4.46. The lowest BCUT2D eigenvalue weighted by Crippen LogP contribution is -2.32. The number of fused-ring (bicyclic) bond motifs is 3. The Hall–Kier alpha value is -2.81. The molecule has 0 spiro atoms. The van der Waals surface area contributed by atoms with Crippen molar-refractivity contribution in [1.82, 2.24) is 5.32 Å². The zero-order valence-electron chi connectivity index (χ0n) is 19.1. The van der Waals surface area contributed by atoms with Crippen LogP contribution in [0.2, 0.25) is 0 Å². The van der Waals surface area contributed by atoms with E-state index in [-0.39, 0.29) is 37.8 Å². The average Bonchev–Trinajstić information content (AvgIpc) is 3.05. The Kier molecular flexibility index (Phi) is 7.95. The van der Waals surface area contributed by atoms with Gasteiger partial charge in [0.1, 0.15) is 0 Å². The van der Waals surface area contributed by atoms with Crippen LogP contribution in [0.1, 0.15) is 23.6 Å². The molecular weight excluding hydrogens is 412 g/mol. The summed E-state index contributed by atoms with van der Waals surface area (Å²) >= 11 is 0. The Bertz CT molecular complexity index is 1000. The van der Waals surface area contributed by atoms with Gasteiger partial charge in [0.15, 0.2) is 11.5 Å². The second-order valence-electron chi connectivity index (χ2n) is 7.59. The Labute approximate surface area is 188 Å². The zero-order chi connectivity index (χ0) is 23.3. The molecule has 0 heterocycles. The highest BCUT2D eigenvalue weighted by Gasteiger charge is 2.28. The summed E-state index contributed by atoms with van der Waals surface area (Å²) < 4.78 is 17.0. The molecule has 0 radical (unpaired) electrons. The lowest BCUT2D eigenvalue weighted by molar-refractivity contribution is 0.281. The molecule has 8 nitrogen and oxygen atoms in total.